The second-order valence-corrected chi connectivity index (χ2v) is 6.36. The number of nitrogens with zero attached hydrogens (tertiary/aromatic N) is 2. The first-order chi connectivity index (χ1) is 13.1. The normalized spacial score (nSPS) is 18.7. The van der Waals surface area contributed by atoms with E-state index in [-0.39, 0.29) is 11.3 Å². The lowest BCUT2D eigenvalue weighted by Crippen LogP contribution is -2.30. The van der Waals surface area contributed by atoms with Crippen molar-refractivity contribution in [2.75, 3.05) is 13.7 Å². The van der Waals surface area contributed by atoms with Gasteiger partial charge in [-0.05, 0) is 36.2 Å². The van der Waals surface area contributed by atoms with E-state index in [2.05, 4.69) is 4.98 Å². The van der Waals surface area contributed by atoms with Crippen LogP contribution in [0.2, 0.25) is 0 Å². The zero-order valence-corrected chi connectivity index (χ0v) is 15.4. The fourth-order valence-corrected chi connectivity index (χ4v) is 3.26. The van der Waals surface area contributed by atoms with Gasteiger partial charge >= 0.3 is 0 Å². The third-order valence-electron chi connectivity index (χ3n) is 4.66. The lowest BCUT2D eigenvalue weighted by Gasteiger charge is -2.25. The highest BCUT2D eigenvalue weighted by molar-refractivity contribution is 6.46. The number of ketones is 1. The van der Waals surface area contributed by atoms with Crippen LogP contribution in [0.15, 0.2) is 54.4 Å². The molecular weight excluding hydrogens is 344 g/mol. The van der Waals surface area contributed by atoms with E-state index in [0.717, 1.165) is 18.4 Å². The molecule has 0 radical (unpaired) electrons. The molecule has 0 aliphatic carbocycles. The third kappa shape index (κ3) is 3.56. The molecule has 1 unspecified atom stereocenters. The maximum Gasteiger partial charge on any atom is 0.295 e. The van der Waals surface area contributed by atoms with E-state index in [4.69, 9.17) is 4.74 Å². The van der Waals surface area contributed by atoms with Gasteiger partial charge in [-0.25, -0.2) is 0 Å². The number of benzene rings is 1. The lowest BCUT2D eigenvalue weighted by molar-refractivity contribution is -0.139. The Bertz CT molecular complexity index is 877. The molecule has 0 bridgehead atoms. The zero-order chi connectivity index (χ0) is 19.4. The minimum atomic E-state index is -0.673. The molecule has 1 aliphatic heterocycles. The molecule has 1 atom stereocenters. The molecule has 6 nitrogen and oxygen atoms in total. The Labute approximate surface area is 158 Å². The van der Waals surface area contributed by atoms with Crippen LogP contribution in [-0.4, -0.2) is 40.3 Å². The quantitative estimate of drug-likeness (QED) is 0.482. The summed E-state index contributed by atoms with van der Waals surface area (Å²) in [4.78, 5) is 31.0. The number of Topliss-reactive ketones (excluding diaryl/α,β-unsaturated/α-hetero) is 1. The highest BCUT2D eigenvalue weighted by atomic mass is 16.5. The number of aliphatic hydroxyl groups is 1. The second-order valence-electron chi connectivity index (χ2n) is 6.36. The summed E-state index contributed by atoms with van der Waals surface area (Å²) in [6.07, 6.45) is 4.89. The van der Waals surface area contributed by atoms with Crippen molar-refractivity contribution < 1.29 is 19.4 Å². The molecule has 2 aromatic rings. The maximum atomic E-state index is 12.8. The van der Waals surface area contributed by atoms with Gasteiger partial charge in [0, 0.05) is 24.5 Å². The maximum absolute atomic E-state index is 12.8. The Balaban J connectivity index is 2.15. The average molecular weight is 366 g/mol. The van der Waals surface area contributed by atoms with Gasteiger partial charge in [0.1, 0.15) is 11.5 Å². The molecule has 1 N–H and O–H groups in total. The monoisotopic (exact) mass is 366 g/mol. The number of methoxy groups -OCH3 is 1. The van der Waals surface area contributed by atoms with Crippen molar-refractivity contribution in [3.63, 3.8) is 0 Å². The van der Waals surface area contributed by atoms with Gasteiger partial charge in [0.05, 0.1) is 18.7 Å². The summed E-state index contributed by atoms with van der Waals surface area (Å²) in [5.41, 5.74) is 1.27. The summed E-state index contributed by atoms with van der Waals surface area (Å²) in [5, 5.41) is 10.9. The molecule has 3 rings (SSSR count). The molecule has 2 heterocycles. The predicted octanol–water partition coefficient (Wildman–Crippen LogP) is 3.31. The summed E-state index contributed by atoms with van der Waals surface area (Å²) in [6.45, 7) is 2.47. The molecule has 1 aromatic heterocycles. The van der Waals surface area contributed by atoms with E-state index < -0.39 is 17.7 Å². The van der Waals surface area contributed by atoms with E-state index in [0.29, 0.717) is 17.9 Å². The molecule has 1 amide bonds. The van der Waals surface area contributed by atoms with Gasteiger partial charge in [0.25, 0.3) is 11.7 Å². The molecule has 1 aliphatic rings. The number of unbranched alkanes of at least 4 members (excludes halogenated alkanes) is 1. The van der Waals surface area contributed by atoms with Crippen molar-refractivity contribution in [1.82, 2.24) is 9.88 Å². The number of amides is 1. The van der Waals surface area contributed by atoms with Gasteiger partial charge < -0.3 is 14.7 Å². The summed E-state index contributed by atoms with van der Waals surface area (Å²) in [5.74, 6) is -0.907. The van der Waals surface area contributed by atoms with E-state index >= 15 is 0 Å². The van der Waals surface area contributed by atoms with Gasteiger partial charge in [0.2, 0.25) is 0 Å². The molecule has 0 spiro atoms. The van der Waals surface area contributed by atoms with Crippen molar-refractivity contribution in [3.05, 3.63) is 65.5 Å². The van der Waals surface area contributed by atoms with Crippen LogP contribution >= 0.6 is 0 Å². The number of likely N-dealkylation sites (tertiary alicyclic amines) is 1. The van der Waals surface area contributed by atoms with E-state index in [9.17, 15) is 14.7 Å². The highest BCUT2D eigenvalue weighted by Crippen LogP contribution is 2.39. The third-order valence-corrected chi connectivity index (χ3v) is 4.66. The molecule has 1 aromatic carbocycles. The van der Waals surface area contributed by atoms with Crippen molar-refractivity contribution in [3.8, 4) is 5.75 Å². The minimum absolute atomic E-state index is 0.0931. The van der Waals surface area contributed by atoms with Crippen LogP contribution in [0.1, 0.15) is 36.9 Å². The predicted molar refractivity (Wildman–Crippen MR) is 101 cm³/mol. The number of rotatable bonds is 6. The first-order valence-corrected chi connectivity index (χ1v) is 8.91. The van der Waals surface area contributed by atoms with Gasteiger partial charge in [-0.1, -0.05) is 25.5 Å². The number of aromatic nitrogens is 1. The van der Waals surface area contributed by atoms with E-state index in [1.165, 1.54) is 12.0 Å². The van der Waals surface area contributed by atoms with Crippen molar-refractivity contribution in [1.29, 1.82) is 0 Å². The molecule has 1 fully saturated rings. The Morgan fingerprint density at radius 3 is 2.63 bits per heavy atom. The molecular formula is C21H22N2O4. The fourth-order valence-electron chi connectivity index (χ4n) is 3.26. The Hall–Kier alpha value is -3.15. The van der Waals surface area contributed by atoms with Crippen molar-refractivity contribution in [2.45, 2.75) is 25.8 Å². The zero-order valence-electron chi connectivity index (χ0n) is 15.4. The van der Waals surface area contributed by atoms with Crippen LogP contribution in [0, 0.1) is 0 Å². The van der Waals surface area contributed by atoms with Crippen LogP contribution in [0.5, 0.6) is 5.75 Å². The second kappa shape index (κ2) is 8.03. The molecule has 0 saturated carbocycles. The highest BCUT2D eigenvalue weighted by Gasteiger charge is 2.45. The summed E-state index contributed by atoms with van der Waals surface area (Å²) in [7, 11) is 1.53. The van der Waals surface area contributed by atoms with Gasteiger partial charge in [0.15, 0.2) is 0 Å². The van der Waals surface area contributed by atoms with Crippen molar-refractivity contribution >= 4 is 17.4 Å². The average Bonchev–Trinajstić information content (AvgIpc) is 2.97. The van der Waals surface area contributed by atoms with Crippen LogP contribution in [0.4, 0.5) is 0 Å². The Morgan fingerprint density at radius 1 is 1.22 bits per heavy atom. The van der Waals surface area contributed by atoms with E-state index in [1.807, 2.05) is 6.92 Å². The summed E-state index contributed by atoms with van der Waals surface area (Å²) < 4.78 is 5.20. The first-order valence-electron chi connectivity index (χ1n) is 8.91. The number of carbonyl (C=O) groups is 2. The molecule has 1 saturated heterocycles. The summed E-state index contributed by atoms with van der Waals surface area (Å²) in [6, 6.07) is 9.67. The number of pyridine rings is 1. The number of carbonyl (C=O) groups excluding carboxylic acids is 2. The van der Waals surface area contributed by atoms with Gasteiger partial charge in [-0.2, -0.15) is 0 Å². The number of hydrogen-bond acceptors (Lipinski definition) is 5. The number of ether oxygens (including phenoxy) is 1. The number of hydrogen-bond donors (Lipinski definition) is 1. The minimum Gasteiger partial charge on any atom is -0.507 e. The SMILES string of the molecule is CCCCN1C(=O)C(=O)/C(=C(\O)c2cccc(OC)c2)C1c1ccncc1. The smallest absolute Gasteiger partial charge is 0.295 e. The first kappa shape index (κ1) is 18.6. The van der Waals surface area contributed by atoms with Crippen molar-refractivity contribution in [2.24, 2.45) is 0 Å². The van der Waals surface area contributed by atoms with Crippen LogP contribution in [0.3, 0.4) is 0 Å². The van der Waals surface area contributed by atoms with Crippen LogP contribution < -0.4 is 4.74 Å². The van der Waals surface area contributed by atoms with Crippen LogP contribution in [0.25, 0.3) is 5.76 Å². The van der Waals surface area contributed by atoms with Gasteiger partial charge in [-0.3, -0.25) is 14.6 Å². The van der Waals surface area contributed by atoms with E-state index in [1.54, 1.807) is 48.8 Å². The Kier molecular flexibility index (Phi) is 5.54. The van der Waals surface area contributed by atoms with Gasteiger partial charge in [-0.15, -0.1) is 0 Å². The standard InChI is InChI=1S/C21H22N2O4/c1-3-4-12-23-18(14-8-10-22-11-9-14)17(20(25)21(23)26)19(24)15-6-5-7-16(13-15)27-2/h5-11,13,18,24H,3-4,12H2,1-2H3/b19-17-. The molecule has 27 heavy (non-hydrogen) atoms. The fraction of sp³-hybridized carbons (Fsp3) is 0.286. The topological polar surface area (TPSA) is 79.7 Å². The summed E-state index contributed by atoms with van der Waals surface area (Å²) >= 11 is 0. The molecule has 6 heteroatoms. The lowest BCUT2D eigenvalue weighted by atomic mass is 9.96. The largest absolute Gasteiger partial charge is 0.507 e. The Morgan fingerprint density at radius 2 is 1.96 bits per heavy atom. The van der Waals surface area contributed by atoms with Crippen LogP contribution in [-0.2, 0) is 9.59 Å². The number of aliphatic hydroxyl groups excluding tert-OH is 1. The molecule has 140 valence electrons.